The average Bonchev–Trinajstić information content (AvgIpc) is 3.60. The Hall–Kier alpha value is -3.49. The van der Waals surface area contributed by atoms with Crippen LogP contribution in [0.25, 0.3) is 0 Å². The third-order valence-electron chi connectivity index (χ3n) is 9.27. The van der Waals surface area contributed by atoms with E-state index in [0.29, 0.717) is 31.5 Å². The van der Waals surface area contributed by atoms with E-state index < -0.39 is 55.9 Å². The Morgan fingerprint density at radius 3 is 2.27 bits per heavy atom. The fourth-order valence-corrected chi connectivity index (χ4v) is 9.49. The van der Waals surface area contributed by atoms with Crippen molar-refractivity contribution in [2.45, 2.75) is 72.4 Å². The van der Waals surface area contributed by atoms with Gasteiger partial charge in [-0.15, -0.1) is 0 Å². The third-order valence-corrected chi connectivity index (χ3v) is 11.8. The molecule has 3 aromatic rings. The molecule has 2 aliphatic heterocycles. The monoisotopic (exact) mass is 647 g/mol. The molecular formula is C29H25F8N3O3S. The zero-order valence-electron chi connectivity index (χ0n) is 22.8. The lowest BCUT2D eigenvalue weighted by Gasteiger charge is -2.43. The number of imidazole rings is 1. The lowest BCUT2D eigenvalue weighted by Crippen LogP contribution is -2.54. The van der Waals surface area contributed by atoms with E-state index in [0.717, 1.165) is 36.0 Å². The van der Waals surface area contributed by atoms with Crippen LogP contribution in [0.3, 0.4) is 0 Å². The maximum atomic E-state index is 15.0. The molecule has 1 unspecified atom stereocenters. The topological polar surface area (TPSA) is 72.3 Å². The fourth-order valence-electron chi connectivity index (χ4n) is 7.13. The molecule has 2 aromatic carbocycles. The average molecular weight is 648 g/mol. The van der Waals surface area contributed by atoms with Gasteiger partial charge in [0.2, 0.25) is 5.91 Å². The normalized spacial score (nSPS) is 24.0. The molecule has 6 rings (SSSR count). The van der Waals surface area contributed by atoms with Crippen LogP contribution in [-0.2, 0) is 44.4 Å². The summed E-state index contributed by atoms with van der Waals surface area (Å²) < 4.78 is 139. The molecule has 0 N–H and O–H groups in total. The number of nitrogens with zero attached hydrogens (tertiary/aromatic N) is 3. The SMILES string of the molecule is O=C(C1CCc2cncn2C1)N1CC[C@@]2(S(=O)(=O)c3ccc(F)cc3)c3ccc(C(F)(C(F)(F)F)C(F)(F)F)cc3CC[C@@H]12. The van der Waals surface area contributed by atoms with Crippen LogP contribution >= 0.6 is 0 Å². The summed E-state index contributed by atoms with van der Waals surface area (Å²) >= 11 is 0. The first-order valence-electron chi connectivity index (χ1n) is 13.8. The summed E-state index contributed by atoms with van der Waals surface area (Å²) in [6.45, 7) is 0.249. The van der Waals surface area contributed by atoms with Gasteiger partial charge in [-0.1, -0.05) is 18.2 Å². The Balaban J connectivity index is 1.47. The number of halogens is 8. The molecule has 0 spiro atoms. The van der Waals surface area contributed by atoms with Crippen molar-refractivity contribution in [1.29, 1.82) is 0 Å². The maximum absolute atomic E-state index is 15.0. The van der Waals surface area contributed by atoms with E-state index in [9.17, 15) is 43.9 Å². The van der Waals surface area contributed by atoms with Crippen LogP contribution < -0.4 is 0 Å². The van der Waals surface area contributed by atoms with E-state index in [-0.39, 0.29) is 47.7 Å². The molecule has 3 heterocycles. The van der Waals surface area contributed by atoms with Crippen molar-refractivity contribution in [3.8, 4) is 0 Å². The van der Waals surface area contributed by atoms with Crippen LogP contribution in [-0.4, -0.2) is 53.7 Å². The summed E-state index contributed by atoms with van der Waals surface area (Å²) in [4.78, 5) is 19.1. The van der Waals surface area contributed by atoms with E-state index in [1.807, 2.05) is 4.57 Å². The Labute approximate surface area is 246 Å². The first-order valence-corrected chi connectivity index (χ1v) is 15.3. The molecule has 0 bridgehead atoms. The first kappa shape index (κ1) is 30.5. The predicted octanol–water partition coefficient (Wildman–Crippen LogP) is 5.79. The van der Waals surface area contributed by atoms with Crippen molar-refractivity contribution in [2.24, 2.45) is 5.92 Å². The molecule has 15 heteroatoms. The molecule has 1 fully saturated rings. The van der Waals surface area contributed by atoms with Gasteiger partial charge in [-0.3, -0.25) is 4.79 Å². The summed E-state index contributed by atoms with van der Waals surface area (Å²) in [7, 11) is -4.55. The van der Waals surface area contributed by atoms with Gasteiger partial charge < -0.3 is 9.47 Å². The molecule has 0 saturated carbocycles. The van der Waals surface area contributed by atoms with E-state index in [1.54, 1.807) is 12.5 Å². The summed E-state index contributed by atoms with van der Waals surface area (Å²) in [5.74, 6) is -1.58. The molecule has 3 aliphatic rings. The molecule has 1 aliphatic carbocycles. The Morgan fingerprint density at radius 2 is 1.61 bits per heavy atom. The number of amides is 1. The predicted molar refractivity (Wildman–Crippen MR) is 139 cm³/mol. The van der Waals surface area contributed by atoms with Gasteiger partial charge >= 0.3 is 18.0 Å². The second-order valence-electron chi connectivity index (χ2n) is 11.5. The van der Waals surface area contributed by atoms with E-state index in [2.05, 4.69) is 4.98 Å². The Bertz CT molecular complexity index is 1700. The highest BCUT2D eigenvalue weighted by Gasteiger charge is 2.74. The fraction of sp³-hybridized carbons (Fsp3) is 0.448. The number of carbonyl (C=O) groups excluding carboxylic acids is 1. The van der Waals surface area contributed by atoms with Crippen LogP contribution in [0.2, 0.25) is 0 Å². The number of fused-ring (bicyclic) bond motifs is 4. The standard InChI is InChI=1S/C29H25F8N3O3S/c30-20-4-7-22(8-5-20)44(42,43)26-11-12-40(25(41)18-1-6-21-14-38-16-39(21)15-18)24(26)10-2-17-13-19(3-9-23(17)26)27(31,28(32,33)34)29(35,36)37/h3-5,7-9,13-14,16,18,24H,1-2,6,10-12,15H2/t18?,24-,26-/m1/s1. The van der Waals surface area contributed by atoms with Crippen LogP contribution in [0.5, 0.6) is 0 Å². The summed E-state index contributed by atoms with van der Waals surface area (Å²) in [6.07, 6.45) is -8.94. The summed E-state index contributed by atoms with van der Waals surface area (Å²) in [5, 5.41) is 0. The molecule has 3 atom stereocenters. The zero-order valence-corrected chi connectivity index (χ0v) is 23.6. The van der Waals surface area contributed by atoms with Crippen molar-refractivity contribution in [2.75, 3.05) is 6.54 Å². The van der Waals surface area contributed by atoms with Crippen LogP contribution in [0.15, 0.2) is 59.9 Å². The van der Waals surface area contributed by atoms with Gasteiger partial charge in [0.15, 0.2) is 9.84 Å². The molecule has 236 valence electrons. The minimum absolute atomic E-state index is 0.0590. The largest absolute Gasteiger partial charge is 0.435 e. The van der Waals surface area contributed by atoms with E-state index in [1.165, 1.54) is 4.90 Å². The number of alkyl halides is 7. The number of aromatic nitrogens is 2. The van der Waals surface area contributed by atoms with Gasteiger partial charge in [-0.05, 0) is 67.5 Å². The van der Waals surface area contributed by atoms with Gasteiger partial charge in [-0.2, -0.15) is 26.3 Å². The number of rotatable bonds is 4. The van der Waals surface area contributed by atoms with Gasteiger partial charge in [0.25, 0.3) is 0 Å². The quantitative estimate of drug-likeness (QED) is 0.266. The maximum Gasteiger partial charge on any atom is 0.435 e. The second kappa shape index (κ2) is 10.0. The molecule has 44 heavy (non-hydrogen) atoms. The van der Waals surface area contributed by atoms with E-state index in [4.69, 9.17) is 0 Å². The van der Waals surface area contributed by atoms with Crippen LogP contribution in [0, 0.1) is 11.7 Å². The van der Waals surface area contributed by atoms with Gasteiger partial charge in [-0.25, -0.2) is 22.2 Å². The number of benzene rings is 2. The number of carbonyl (C=O) groups is 1. The molecule has 1 amide bonds. The van der Waals surface area contributed by atoms with Crippen molar-refractivity contribution in [1.82, 2.24) is 14.5 Å². The van der Waals surface area contributed by atoms with Crippen molar-refractivity contribution >= 4 is 15.7 Å². The van der Waals surface area contributed by atoms with Gasteiger partial charge in [0.1, 0.15) is 10.6 Å². The highest BCUT2D eigenvalue weighted by molar-refractivity contribution is 7.92. The molecular weight excluding hydrogens is 622 g/mol. The van der Waals surface area contributed by atoms with E-state index >= 15 is 4.39 Å². The molecule has 6 nitrogen and oxygen atoms in total. The molecule has 1 aromatic heterocycles. The second-order valence-corrected chi connectivity index (χ2v) is 13.7. The number of likely N-dealkylation sites (tertiary alicyclic amines) is 1. The van der Waals surface area contributed by atoms with Crippen LogP contribution in [0.1, 0.15) is 41.6 Å². The summed E-state index contributed by atoms with van der Waals surface area (Å²) in [6, 6.07) is 4.38. The number of hydrogen-bond acceptors (Lipinski definition) is 4. The van der Waals surface area contributed by atoms with Gasteiger partial charge in [0, 0.05) is 30.5 Å². The Morgan fingerprint density at radius 1 is 0.932 bits per heavy atom. The van der Waals surface area contributed by atoms with Crippen LogP contribution in [0.4, 0.5) is 35.1 Å². The third kappa shape index (κ3) is 4.28. The lowest BCUT2D eigenvalue weighted by atomic mass is 9.76. The first-order chi connectivity index (χ1) is 20.5. The highest BCUT2D eigenvalue weighted by Crippen LogP contribution is 2.57. The number of sulfone groups is 1. The van der Waals surface area contributed by atoms with Crippen molar-refractivity contribution in [3.63, 3.8) is 0 Å². The minimum atomic E-state index is -6.35. The lowest BCUT2D eigenvalue weighted by molar-refractivity contribution is -0.348. The molecule has 0 radical (unpaired) electrons. The van der Waals surface area contributed by atoms with Crippen molar-refractivity contribution < 1.29 is 48.3 Å². The van der Waals surface area contributed by atoms with Crippen molar-refractivity contribution in [3.05, 3.63) is 83.2 Å². The molecule has 1 saturated heterocycles. The zero-order chi connectivity index (χ0) is 31.9. The number of aryl methyl sites for hydroxylation is 2. The smallest absolute Gasteiger partial charge is 0.337 e. The summed E-state index contributed by atoms with van der Waals surface area (Å²) in [5.41, 5.74) is -6.78. The Kier molecular flexibility index (Phi) is 6.95. The van der Waals surface area contributed by atoms with Gasteiger partial charge in [0.05, 0.1) is 23.2 Å². The number of hydrogen-bond donors (Lipinski definition) is 0. The highest BCUT2D eigenvalue weighted by atomic mass is 32.2. The minimum Gasteiger partial charge on any atom is -0.337 e.